The summed E-state index contributed by atoms with van der Waals surface area (Å²) < 4.78 is 3.44. The highest BCUT2D eigenvalue weighted by Gasteiger charge is 2.12. The molecule has 0 aliphatic carbocycles. The van der Waals surface area contributed by atoms with Gasteiger partial charge >= 0.3 is 5.69 Å². The number of carbonyl (C=O) groups excluding carboxylic acids is 1. The Hall–Kier alpha value is -2.04. The van der Waals surface area contributed by atoms with E-state index in [9.17, 15) is 9.59 Å². The summed E-state index contributed by atoms with van der Waals surface area (Å²) in [4.78, 5) is 24.3. The van der Waals surface area contributed by atoms with Crippen molar-refractivity contribution in [3.05, 3.63) is 34.7 Å². The quantitative estimate of drug-likeness (QED) is 0.854. The number of aryl methyl sites for hydroxylation is 2. The molecule has 1 aromatic carbocycles. The molecule has 0 saturated carbocycles. The number of para-hydroxylation sites is 2. The fraction of sp³-hybridized carbons (Fsp3) is 0.529. The summed E-state index contributed by atoms with van der Waals surface area (Å²) >= 11 is 0. The normalized spacial score (nSPS) is 11.3. The van der Waals surface area contributed by atoms with Crippen molar-refractivity contribution in [2.24, 2.45) is 5.92 Å². The maximum Gasteiger partial charge on any atom is 0.329 e. The van der Waals surface area contributed by atoms with Crippen LogP contribution in [0.3, 0.4) is 0 Å². The zero-order valence-electron chi connectivity index (χ0n) is 13.6. The molecule has 5 heteroatoms. The lowest BCUT2D eigenvalue weighted by atomic mass is 10.1. The van der Waals surface area contributed by atoms with E-state index in [-0.39, 0.29) is 11.6 Å². The molecule has 22 heavy (non-hydrogen) atoms. The highest BCUT2D eigenvalue weighted by molar-refractivity contribution is 5.77. The Balaban J connectivity index is 2.07. The predicted octanol–water partition coefficient (Wildman–Crippen LogP) is 2.38. The Bertz CT molecular complexity index is 697. The van der Waals surface area contributed by atoms with E-state index in [1.165, 1.54) is 0 Å². The lowest BCUT2D eigenvalue weighted by molar-refractivity contribution is -0.121. The van der Waals surface area contributed by atoms with E-state index in [4.69, 9.17) is 0 Å². The summed E-state index contributed by atoms with van der Waals surface area (Å²) in [5, 5.41) is 2.91. The third kappa shape index (κ3) is 3.59. The maximum absolute atomic E-state index is 12.4. The molecule has 0 saturated heterocycles. The second-order valence-electron chi connectivity index (χ2n) is 5.95. The number of rotatable bonds is 7. The molecule has 5 nitrogen and oxygen atoms in total. The number of fused-ring (bicyclic) bond motifs is 1. The summed E-state index contributed by atoms with van der Waals surface area (Å²) in [6.07, 6.45) is 1.30. The maximum atomic E-state index is 12.4. The van der Waals surface area contributed by atoms with Gasteiger partial charge in [0, 0.05) is 26.1 Å². The number of carbonyl (C=O) groups is 1. The summed E-state index contributed by atoms with van der Waals surface area (Å²) in [6.45, 7) is 7.96. The fourth-order valence-electron chi connectivity index (χ4n) is 2.60. The van der Waals surface area contributed by atoms with E-state index < -0.39 is 0 Å². The molecule has 1 amide bonds. The molecule has 1 heterocycles. The second kappa shape index (κ2) is 7.29. The number of nitrogens with zero attached hydrogens (tertiary/aromatic N) is 2. The summed E-state index contributed by atoms with van der Waals surface area (Å²) in [5.41, 5.74) is 1.78. The molecule has 0 spiro atoms. The highest BCUT2D eigenvalue weighted by Crippen LogP contribution is 2.12. The van der Waals surface area contributed by atoms with Crippen molar-refractivity contribution >= 4 is 16.9 Å². The van der Waals surface area contributed by atoms with E-state index in [0.717, 1.165) is 17.5 Å². The second-order valence-corrected chi connectivity index (χ2v) is 5.95. The predicted molar refractivity (Wildman–Crippen MR) is 89.0 cm³/mol. The van der Waals surface area contributed by atoms with Crippen LogP contribution in [0.4, 0.5) is 0 Å². The largest absolute Gasteiger partial charge is 0.356 e. The van der Waals surface area contributed by atoms with E-state index in [1.807, 2.05) is 31.2 Å². The van der Waals surface area contributed by atoms with Crippen LogP contribution in [0.15, 0.2) is 29.1 Å². The molecule has 1 aromatic heterocycles. The van der Waals surface area contributed by atoms with Crippen molar-refractivity contribution in [1.29, 1.82) is 0 Å². The van der Waals surface area contributed by atoms with Crippen molar-refractivity contribution in [1.82, 2.24) is 14.5 Å². The monoisotopic (exact) mass is 303 g/mol. The first-order chi connectivity index (χ1) is 10.5. The van der Waals surface area contributed by atoms with E-state index in [0.29, 0.717) is 32.0 Å². The van der Waals surface area contributed by atoms with E-state index in [1.54, 1.807) is 9.13 Å². The lowest BCUT2D eigenvalue weighted by Gasteiger charge is -2.07. The van der Waals surface area contributed by atoms with Crippen LogP contribution in [0.5, 0.6) is 0 Å². The van der Waals surface area contributed by atoms with Crippen LogP contribution in [0.2, 0.25) is 0 Å². The number of imidazole rings is 1. The van der Waals surface area contributed by atoms with Crippen molar-refractivity contribution in [3.8, 4) is 0 Å². The van der Waals surface area contributed by atoms with Crippen molar-refractivity contribution in [3.63, 3.8) is 0 Å². The molecule has 2 aromatic rings. The van der Waals surface area contributed by atoms with Gasteiger partial charge in [-0.1, -0.05) is 26.0 Å². The average molecular weight is 303 g/mol. The number of amides is 1. The molecule has 120 valence electrons. The van der Waals surface area contributed by atoms with Crippen LogP contribution < -0.4 is 11.0 Å². The van der Waals surface area contributed by atoms with Gasteiger partial charge in [-0.2, -0.15) is 0 Å². The Morgan fingerprint density at radius 1 is 1.18 bits per heavy atom. The summed E-state index contributed by atoms with van der Waals surface area (Å²) in [5.74, 6) is 0.575. The van der Waals surface area contributed by atoms with Gasteiger partial charge < -0.3 is 5.32 Å². The molecule has 1 N–H and O–H groups in total. The standard InChI is InChI=1S/C17H25N3O2/c1-4-19-14-7-5-6-8-15(14)20(17(19)22)12-10-16(21)18-11-9-13(2)3/h5-8,13H,4,9-12H2,1-3H3,(H,18,21). The van der Waals surface area contributed by atoms with Crippen LogP contribution in [-0.2, 0) is 17.9 Å². The number of nitrogens with one attached hydrogen (secondary N) is 1. The Morgan fingerprint density at radius 3 is 2.41 bits per heavy atom. The van der Waals surface area contributed by atoms with Crippen LogP contribution >= 0.6 is 0 Å². The van der Waals surface area contributed by atoms with Gasteiger partial charge in [0.25, 0.3) is 0 Å². The molecule has 0 unspecified atom stereocenters. The zero-order chi connectivity index (χ0) is 16.1. The van der Waals surface area contributed by atoms with Gasteiger partial charge in [0.1, 0.15) is 0 Å². The van der Waals surface area contributed by atoms with Gasteiger partial charge in [-0.3, -0.25) is 13.9 Å². The van der Waals surface area contributed by atoms with Gasteiger partial charge in [-0.25, -0.2) is 4.79 Å². The lowest BCUT2D eigenvalue weighted by Crippen LogP contribution is -2.29. The fourth-order valence-corrected chi connectivity index (χ4v) is 2.60. The molecule has 0 aliphatic rings. The van der Waals surface area contributed by atoms with Crippen LogP contribution in [0.25, 0.3) is 11.0 Å². The topological polar surface area (TPSA) is 56.0 Å². The Kier molecular flexibility index (Phi) is 5.41. The van der Waals surface area contributed by atoms with Crippen molar-refractivity contribution in [2.75, 3.05) is 6.54 Å². The Morgan fingerprint density at radius 2 is 1.82 bits per heavy atom. The molecule has 2 rings (SSSR count). The van der Waals surface area contributed by atoms with Crippen LogP contribution in [0, 0.1) is 5.92 Å². The zero-order valence-corrected chi connectivity index (χ0v) is 13.6. The first-order valence-corrected chi connectivity index (χ1v) is 7.99. The third-order valence-corrected chi connectivity index (χ3v) is 3.85. The van der Waals surface area contributed by atoms with Gasteiger partial charge in [-0.15, -0.1) is 0 Å². The third-order valence-electron chi connectivity index (χ3n) is 3.85. The number of hydrogen-bond acceptors (Lipinski definition) is 2. The van der Waals surface area contributed by atoms with Crippen LogP contribution in [0.1, 0.15) is 33.6 Å². The van der Waals surface area contributed by atoms with Crippen LogP contribution in [-0.4, -0.2) is 21.6 Å². The highest BCUT2D eigenvalue weighted by atomic mass is 16.2. The van der Waals surface area contributed by atoms with Crippen molar-refractivity contribution in [2.45, 2.75) is 46.7 Å². The first kappa shape index (κ1) is 16.3. The molecule has 0 radical (unpaired) electrons. The van der Waals surface area contributed by atoms with E-state index >= 15 is 0 Å². The first-order valence-electron chi connectivity index (χ1n) is 7.99. The molecule has 0 bridgehead atoms. The number of benzene rings is 1. The summed E-state index contributed by atoms with van der Waals surface area (Å²) in [6, 6.07) is 7.72. The minimum atomic E-state index is -0.0429. The minimum absolute atomic E-state index is 0.000814. The van der Waals surface area contributed by atoms with Gasteiger partial charge in [0.15, 0.2) is 0 Å². The number of hydrogen-bond donors (Lipinski definition) is 1. The van der Waals surface area contributed by atoms with Crippen molar-refractivity contribution < 1.29 is 4.79 Å². The van der Waals surface area contributed by atoms with Gasteiger partial charge in [0.05, 0.1) is 11.0 Å². The number of aromatic nitrogens is 2. The smallest absolute Gasteiger partial charge is 0.329 e. The molecule has 0 aliphatic heterocycles. The van der Waals surface area contributed by atoms with Gasteiger partial charge in [-0.05, 0) is 31.4 Å². The molecular formula is C17H25N3O2. The average Bonchev–Trinajstić information content (AvgIpc) is 2.76. The van der Waals surface area contributed by atoms with Gasteiger partial charge in [0.2, 0.25) is 5.91 Å². The van der Waals surface area contributed by atoms with E-state index in [2.05, 4.69) is 19.2 Å². The molecule has 0 fully saturated rings. The minimum Gasteiger partial charge on any atom is -0.356 e. The molecular weight excluding hydrogens is 278 g/mol. The Labute approximate surface area is 130 Å². The summed E-state index contributed by atoms with van der Waals surface area (Å²) in [7, 11) is 0. The SMILES string of the molecule is CCn1c(=O)n(CCC(=O)NCCC(C)C)c2ccccc21. The molecule has 0 atom stereocenters.